The number of nitrogens with two attached hydrogens (primary N) is 1. The van der Waals surface area contributed by atoms with Gasteiger partial charge in [0.05, 0.1) is 12.4 Å². The molecule has 6 nitrogen and oxygen atoms in total. The molecule has 0 amide bonds. The van der Waals surface area contributed by atoms with Crippen molar-refractivity contribution in [2.75, 3.05) is 11.1 Å². The number of rotatable bonds is 3. The summed E-state index contributed by atoms with van der Waals surface area (Å²) in [6, 6.07) is 0. The molecule has 0 aliphatic heterocycles. The molecule has 2 aromatic rings. The maximum Gasteiger partial charge on any atom is 0.144 e. The zero-order chi connectivity index (χ0) is 9.80. The Kier molecular flexibility index (Phi) is 2.26. The highest BCUT2D eigenvalue weighted by Crippen LogP contribution is 2.08. The molecule has 0 radical (unpaired) electrons. The van der Waals surface area contributed by atoms with Crippen molar-refractivity contribution in [3.8, 4) is 0 Å². The lowest BCUT2D eigenvalue weighted by Gasteiger charge is -2.02. The highest BCUT2D eigenvalue weighted by Gasteiger charge is 2.00. The van der Waals surface area contributed by atoms with Crippen molar-refractivity contribution in [1.29, 1.82) is 0 Å². The second-order valence-electron chi connectivity index (χ2n) is 2.75. The molecule has 2 heterocycles. The minimum atomic E-state index is 0.571. The number of nitrogens with one attached hydrogen (secondary N) is 2. The van der Waals surface area contributed by atoms with E-state index in [1.807, 2.05) is 0 Å². The van der Waals surface area contributed by atoms with Gasteiger partial charge >= 0.3 is 0 Å². The molecule has 0 aromatic carbocycles. The van der Waals surface area contributed by atoms with E-state index in [0.717, 1.165) is 5.56 Å². The second kappa shape index (κ2) is 3.73. The van der Waals surface area contributed by atoms with E-state index in [4.69, 9.17) is 5.73 Å². The van der Waals surface area contributed by atoms with Crippen LogP contribution in [0.15, 0.2) is 24.8 Å². The van der Waals surface area contributed by atoms with E-state index in [1.165, 1.54) is 0 Å². The summed E-state index contributed by atoms with van der Waals surface area (Å²) >= 11 is 0. The van der Waals surface area contributed by atoms with Crippen LogP contribution in [0, 0.1) is 0 Å². The highest BCUT2D eigenvalue weighted by atomic mass is 15.1. The maximum atomic E-state index is 5.61. The Labute approximate surface area is 80.6 Å². The van der Waals surface area contributed by atoms with Gasteiger partial charge in [0.25, 0.3) is 0 Å². The fourth-order valence-corrected chi connectivity index (χ4v) is 1.04. The molecule has 0 fully saturated rings. The highest BCUT2D eigenvalue weighted by molar-refractivity contribution is 5.40. The normalized spacial score (nSPS) is 10.0. The smallest absolute Gasteiger partial charge is 0.144 e. The third-order valence-corrected chi connectivity index (χ3v) is 1.77. The first kappa shape index (κ1) is 8.49. The van der Waals surface area contributed by atoms with Crippen molar-refractivity contribution < 1.29 is 0 Å². The summed E-state index contributed by atoms with van der Waals surface area (Å²) in [6.07, 6.45) is 6.58. The van der Waals surface area contributed by atoms with Gasteiger partial charge in [-0.05, 0) is 0 Å². The Morgan fingerprint density at radius 2 is 2.29 bits per heavy atom. The molecule has 0 spiro atoms. The quantitative estimate of drug-likeness (QED) is 0.651. The van der Waals surface area contributed by atoms with E-state index < -0.39 is 0 Å². The summed E-state index contributed by atoms with van der Waals surface area (Å²) in [7, 11) is 0. The molecular weight excluding hydrogens is 180 g/mol. The number of nitrogens with zero attached hydrogens (tertiary/aromatic N) is 3. The zero-order valence-corrected chi connectivity index (χ0v) is 7.44. The maximum absolute atomic E-state index is 5.61. The van der Waals surface area contributed by atoms with E-state index in [-0.39, 0.29) is 0 Å². The van der Waals surface area contributed by atoms with Gasteiger partial charge in [-0.2, -0.15) is 5.10 Å². The molecule has 72 valence electrons. The van der Waals surface area contributed by atoms with E-state index in [1.54, 1.807) is 24.8 Å². The van der Waals surface area contributed by atoms with Gasteiger partial charge in [-0.15, -0.1) is 0 Å². The van der Waals surface area contributed by atoms with Gasteiger partial charge in [0.15, 0.2) is 0 Å². The molecule has 6 heteroatoms. The van der Waals surface area contributed by atoms with Crippen LogP contribution in [-0.2, 0) is 6.54 Å². The van der Waals surface area contributed by atoms with Crippen LogP contribution in [0.5, 0.6) is 0 Å². The van der Waals surface area contributed by atoms with Crippen LogP contribution >= 0.6 is 0 Å². The number of hydrogen-bond acceptors (Lipinski definition) is 5. The van der Waals surface area contributed by atoms with Gasteiger partial charge in [0.1, 0.15) is 11.6 Å². The number of hydrogen-bond donors (Lipinski definition) is 3. The molecule has 0 atom stereocenters. The molecule has 0 saturated carbocycles. The monoisotopic (exact) mass is 190 g/mol. The first-order valence-electron chi connectivity index (χ1n) is 4.14. The van der Waals surface area contributed by atoms with Crippen LogP contribution in [0.25, 0.3) is 0 Å². The van der Waals surface area contributed by atoms with E-state index >= 15 is 0 Å². The Bertz CT molecular complexity index is 395. The minimum absolute atomic E-state index is 0.571. The average Bonchev–Trinajstić information content (AvgIpc) is 2.63. The molecule has 14 heavy (non-hydrogen) atoms. The Morgan fingerprint density at radius 3 is 2.93 bits per heavy atom. The van der Waals surface area contributed by atoms with Crippen molar-refractivity contribution in [3.05, 3.63) is 30.4 Å². The van der Waals surface area contributed by atoms with Gasteiger partial charge in [-0.1, -0.05) is 0 Å². The standard InChI is InChI=1S/C8H10N6/c9-8-6(4-13-14-8)3-12-7-5-10-1-2-11-7/h1-2,4-5H,3H2,(H,11,12)(H3,9,13,14). The molecule has 0 unspecified atom stereocenters. The van der Waals surface area contributed by atoms with Crippen molar-refractivity contribution in [3.63, 3.8) is 0 Å². The molecule has 0 aliphatic carbocycles. The summed E-state index contributed by atoms with van der Waals surface area (Å²) in [6.45, 7) is 0.584. The third kappa shape index (κ3) is 1.79. The van der Waals surface area contributed by atoms with Gasteiger partial charge in [0.2, 0.25) is 0 Å². The molecule has 0 aliphatic rings. The summed E-state index contributed by atoms with van der Waals surface area (Å²) < 4.78 is 0. The SMILES string of the molecule is Nc1[nH]ncc1CNc1cnccn1. The average molecular weight is 190 g/mol. The Balaban J connectivity index is 1.99. The Hall–Kier alpha value is -2.11. The third-order valence-electron chi connectivity index (χ3n) is 1.77. The Morgan fingerprint density at radius 1 is 1.36 bits per heavy atom. The summed E-state index contributed by atoms with van der Waals surface area (Å²) in [5.41, 5.74) is 6.52. The van der Waals surface area contributed by atoms with Gasteiger partial charge in [-0.25, -0.2) is 4.98 Å². The zero-order valence-electron chi connectivity index (χ0n) is 7.44. The molecule has 0 bridgehead atoms. The molecule has 2 rings (SSSR count). The number of nitrogen functional groups attached to an aromatic ring is 1. The molecule has 2 aromatic heterocycles. The lowest BCUT2D eigenvalue weighted by Crippen LogP contribution is -2.02. The van der Waals surface area contributed by atoms with Crippen LogP contribution in [-0.4, -0.2) is 20.2 Å². The molecular formula is C8H10N6. The van der Waals surface area contributed by atoms with Crippen LogP contribution in [0.1, 0.15) is 5.56 Å². The largest absolute Gasteiger partial charge is 0.384 e. The second-order valence-corrected chi connectivity index (χ2v) is 2.75. The van der Waals surface area contributed by atoms with Gasteiger partial charge in [0, 0.05) is 24.5 Å². The van der Waals surface area contributed by atoms with Crippen LogP contribution in [0.2, 0.25) is 0 Å². The lowest BCUT2D eigenvalue weighted by molar-refractivity contribution is 1.09. The minimum Gasteiger partial charge on any atom is -0.384 e. The number of aromatic amines is 1. The van der Waals surface area contributed by atoms with Crippen molar-refractivity contribution in [1.82, 2.24) is 20.2 Å². The van der Waals surface area contributed by atoms with Gasteiger partial charge < -0.3 is 11.1 Å². The van der Waals surface area contributed by atoms with Gasteiger partial charge in [-0.3, -0.25) is 10.1 Å². The first-order valence-corrected chi connectivity index (χ1v) is 4.14. The van der Waals surface area contributed by atoms with Crippen molar-refractivity contribution in [2.45, 2.75) is 6.54 Å². The van der Waals surface area contributed by atoms with Crippen LogP contribution in [0.4, 0.5) is 11.6 Å². The van der Waals surface area contributed by atoms with Crippen molar-refractivity contribution >= 4 is 11.6 Å². The van der Waals surface area contributed by atoms with E-state index in [9.17, 15) is 0 Å². The fraction of sp³-hybridized carbons (Fsp3) is 0.125. The summed E-state index contributed by atoms with van der Waals surface area (Å²) in [4.78, 5) is 7.99. The number of anilines is 2. The molecule has 0 saturated heterocycles. The van der Waals surface area contributed by atoms with Crippen LogP contribution < -0.4 is 11.1 Å². The van der Waals surface area contributed by atoms with E-state index in [0.29, 0.717) is 18.2 Å². The predicted octanol–water partition coefficient (Wildman–Crippen LogP) is 0.394. The van der Waals surface area contributed by atoms with Crippen molar-refractivity contribution in [2.24, 2.45) is 0 Å². The first-order chi connectivity index (χ1) is 6.86. The number of H-pyrrole nitrogens is 1. The topological polar surface area (TPSA) is 92.5 Å². The van der Waals surface area contributed by atoms with Crippen LogP contribution in [0.3, 0.4) is 0 Å². The summed E-state index contributed by atoms with van der Waals surface area (Å²) in [5.74, 6) is 1.29. The predicted molar refractivity (Wildman–Crippen MR) is 52.4 cm³/mol. The summed E-state index contributed by atoms with van der Waals surface area (Å²) in [5, 5.41) is 9.54. The molecule has 4 N–H and O–H groups in total. The van der Waals surface area contributed by atoms with E-state index in [2.05, 4.69) is 25.5 Å². The fourth-order valence-electron chi connectivity index (χ4n) is 1.04. The number of aromatic nitrogens is 4. The lowest BCUT2D eigenvalue weighted by atomic mass is 10.3.